The highest BCUT2D eigenvalue weighted by atomic mass is 16.3. The summed E-state index contributed by atoms with van der Waals surface area (Å²) in [5.74, 6) is 0.0719. The fourth-order valence-electron chi connectivity index (χ4n) is 4.88. The maximum atomic E-state index is 13.1. The zero-order valence-electron chi connectivity index (χ0n) is 17.5. The van der Waals surface area contributed by atoms with E-state index >= 15 is 0 Å². The van der Waals surface area contributed by atoms with Crippen molar-refractivity contribution in [1.82, 2.24) is 14.7 Å². The lowest BCUT2D eigenvalue weighted by Crippen LogP contribution is -2.40. The molecule has 0 bridgehead atoms. The van der Waals surface area contributed by atoms with E-state index < -0.39 is 0 Å². The zero-order valence-corrected chi connectivity index (χ0v) is 17.5. The van der Waals surface area contributed by atoms with Gasteiger partial charge in [0.05, 0.1) is 17.8 Å². The smallest absolute Gasteiger partial charge is 0.254 e. The van der Waals surface area contributed by atoms with Gasteiger partial charge in [0.25, 0.3) is 5.91 Å². The highest BCUT2D eigenvalue weighted by Crippen LogP contribution is 2.33. The molecule has 0 saturated heterocycles. The summed E-state index contributed by atoms with van der Waals surface area (Å²) < 4.78 is 1.81. The van der Waals surface area contributed by atoms with E-state index in [-0.39, 0.29) is 18.1 Å². The molecule has 5 nitrogen and oxygen atoms in total. The third kappa shape index (κ3) is 3.33. The maximum Gasteiger partial charge on any atom is 0.254 e. The summed E-state index contributed by atoms with van der Waals surface area (Å²) in [7, 11) is 1.92. The van der Waals surface area contributed by atoms with E-state index in [1.54, 1.807) is 0 Å². The molecule has 2 unspecified atom stereocenters. The van der Waals surface area contributed by atoms with E-state index in [0.29, 0.717) is 6.54 Å². The first-order chi connectivity index (χ1) is 14.5. The van der Waals surface area contributed by atoms with Crippen molar-refractivity contribution in [3.05, 3.63) is 76.5 Å². The molecule has 2 atom stereocenters. The highest BCUT2D eigenvalue weighted by Gasteiger charge is 2.38. The molecule has 1 saturated carbocycles. The van der Waals surface area contributed by atoms with Crippen molar-refractivity contribution in [2.24, 2.45) is 7.05 Å². The zero-order chi connectivity index (χ0) is 20.8. The van der Waals surface area contributed by atoms with Gasteiger partial charge >= 0.3 is 0 Å². The van der Waals surface area contributed by atoms with E-state index in [1.807, 2.05) is 28.9 Å². The summed E-state index contributed by atoms with van der Waals surface area (Å²) >= 11 is 0. The SMILES string of the molecule is Cc1cc2c(cc1Cc1ccc(-c3ccn(C)n3)cc1)C(=O)N(C1CCCC1O)C2. The van der Waals surface area contributed by atoms with Crippen LogP contribution in [-0.2, 0) is 20.0 Å². The Bertz CT molecular complexity index is 1100. The third-order valence-corrected chi connectivity index (χ3v) is 6.60. The fraction of sp³-hybridized carbons (Fsp3) is 0.360. The number of hydrogen-bond acceptors (Lipinski definition) is 3. The summed E-state index contributed by atoms with van der Waals surface area (Å²) in [6.07, 6.45) is 5.04. The van der Waals surface area contributed by atoms with Crippen LogP contribution < -0.4 is 0 Å². The van der Waals surface area contributed by atoms with E-state index in [9.17, 15) is 9.90 Å². The van der Waals surface area contributed by atoms with Crippen LogP contribution in [0.2, 0.25) is 0 Å². The number of fused-ring (bicyclic) bond motifs is 1. The first kappa shape index (κ1) is 19.1. The topological polar surface area (TPSA) is 58.4 Å². The van der Waals surface area contributed by atoms with E-state index in [4.69, 9.17) is 0 Å². The van der Waals surface area contributed by atoms with Gasteiger partial charge in [-0.2, -0.15) is 5.10 Å². The van der Waals surface area contributed by atoms with E-state index in [0.717, 1.165) is 48.1 Å². The van der Waals surface area contributed by atoms with Gasteiger partial charge in [-0.1, -0.05) is 30.3 Å². The monoisotopic (exact) mass is 401 g/mol. The molecule has 0 radical (unpaired) electrons. The molecule has 1 N–H and O–H groups in total. The molecule has 1 fully saturated rings. The van der Waals surface area contributed by atoms with Crippen LogP contribution in [0.3, 0.4) is 0 Å². The summed E-state index contributed by atoms with van der Waals surface area (Å²) in [6, 6.07) is 14.7. The van der Waals surface area contributed by atoms with Gasteiger partial charge in [0, 0.05) is 30.9 Å². The number of aromatic nitrogens is 2. The second-order valence-electron chi connectivity index (χ2n) is 8.68. The summed E-state index contributed by atoms with van der Waals surface area (Å²) in [4.78, 5) is 14.9. The number of aryl methyl sites for hydroxylation is 2. The minimum atomic E-state index is -0.388. The van der Waals surface area contributed by atoms with Crippen LogP contribution in [-0.4, -0.2) is 37.8 Å². The van der Waals surface area contributed by atoms with Crippen molar-refractivity contribution >= 4 is 5.91 Å². The van der Waals surface area contributed by atoms with Crippen LogP contribution in [0.15, 0.2) is 48.7 Å². The van der Waals surface area contributed by atoms with Crippen LogP contribution in [0.1, 0.15) is 51.9 Å². The Kier molecular flexibility index (Phi) is 4.70. The van der Waals surface area contributed by atoms with Crippen LogP contribution in [0.4, 0.5) is 0 Å². The molecule has 2 aromatic carbocycles. The molecule has 0 spiro atoms. The van der Waals surface area contributed by atoms with Gasteiger partial charge in [-0.3, -0.25) is 9.48 Å². The molecule has 30 heavy (non-hydrogen) atoms. The van der Waals surface area contributed by atoms with Crippen LogP contribution in [0, 0.1) is 6.92 Å². The summed E-state index contributed by atoms with van der Waals surface area (Å²) in [6.45, 7) is 2.74. The summed E-state index contributed by atoms with van der Waals surface area (Å²) in [5.41, 5.74) is 7.58. The number of amides is 1. The molecule has 5 rings (SSSR count). The standard InChI is InChI=1S/C25H27N3O2/c1-16-12-20-15-28(23-4-3-5-24(23)29)25(30)21(20)14-19(16)13-17-6-8-18(9-7-17)22-10-11-27(2)26-22/h6-12,14,23-24,29H,3-5,13,15H2,1-2H3. The number of nitrogens with zero attached hydrogens (tertiary/aromatic N) is 3. The van der Waals surface area contributed by atoms with Gasteiger partial charge in [-0.25, -0.2) is 0 Å². The van der Waals surface area contributed by atoms with Crippen molar-refractivity contribution in [2.45, 2.75) is 51.3 Å². The third-order valence-electron chi connectivity index (χ3n) is 6.60. The van der Waals surface area contributed by atoms with Gasteiger partial charge in [-0.15, -0.1) is 0 Å². The molecule has 1 aliphatic heterocycles. The Hall–Kier alpha value is -2.92. The quantitative estimate of drug-likeness (QED) is 0.722. The number of carbonyl (C=O) groups excluding carboxylic acids is 1. The second kappa shape index (κ2) is 7.40. The Labute approximate surface area is 177 Å². The number of rotatable bonds is 4. The number of aliphatic hydroxyl groups is 1. The predicted octanol–water partition coefficient (Wildman–Crippen LogP) is 3.86. The maximum absolute atomic E-state index is 13.1. The van der Waals surface area contributed by atoms with Crippen molar-refractivity contribution in [3.63, 3.8) is 0 Å². The van der Waals surface area contributed by atoms with Crippen molar-refractivity contribution < 1.29 is 9.90 Å². The lowest BCUT2D eigenvalue weighted by atomic mass is 9.95. The minimum Gasteiger partial charge on any atom is -0.391 e. The average Bonchev–Trinajstić information content (AvgIpc) is 3.43. The second-order valence-corrected chi connectivity index (χ2v) is 8.68. The van der Waals surface area contributed by atoms with Crippen molar-refractivity contribution in [2.75, 3.05) is 0 Å². The molecular weight excluding hydrogens is 374 g/mol. The van der Waals surface area contributed by atoms with Gasteiger partial charge in [0.1, 0.15) is 0 Å². The molecule has 1 aromatic heterocycles. The van der Waals surface area contributed by atoms with Gasteiger partial charge in [0.2, 0.25) is 0 Å². The number of benzene rings is 2. The Balaban J connectivity index is 1.37. The fourth-order valence-corrected chi connectivity index (χ4v) is 4.88. The largest absolute Gasteiger partial charge is 0.391 e. The molecule has 2 aliphatic rings. The number of hydrogen-bond donors (Lipinski definition) is 1. The molecule has 1 amide bonds. The van der Waals surface area contributed by atoms with Gasteiger partial charge < -0.3 is 10.0 Å². The molecule has 3 aromatic rings. The summed E-state index contributed by atoms with van der Waals surface area (Å²) in [5, 5.41) is 14.7. The number of aliphatic hydroxyl groups excluding tert-OH is 1. The van der Waals surface area contributed by atoms with Crippen LogP contribution in [0.5, 0.6) is 0 Å². The Morgan fingerprint density at radius 1 is 1.13 bits per heavy atom. The Morgan fingerprint density at radius 2 is 1.93 bits per heavy atom. The first-order valence-corrected chi connectivity index (χ1v) is 10.7. The number of carbonyl (C=O) groups is 1. The van der Waals surface area contributed by atoms with Crippen LogP contribution >= 0.6 is 0 Å². The molecule has 154 valence electrons. The first-order valence-electron chi connectivity index (χ1n) is 10.7. The van der Waals surface area contributed by atoms with E-state index in [2.05, 4.69) is 48.4 Å². The van der Waals surface area contributed by atoms with Crippen molar-refractivity contribution in [3.8, 4) is 11.3 Å². The highest BCUT2D eigenvalue weighted by molar-refractivity contribution is 5.99. The van der Waals surface area contributed by atoms with E-state index in [1.165, 1.54) is 16.7 Å². The van der Waals surface area contributed by atoms with Crippen LogP contribution in [0.25, 0.3) is 11.3 Å². The van der Waals surface area contributed by atoms with Gasteiger partial charge in [0.15, 0.2) is 0 Å². The normalized spacial score (nSPS) is 20.8. The lowest BCUT2D eigenvalue weighted by Gasteiger charge is -2.26. The average molecular weight is 402 g/mol. The molecular formula is C25H27N3O2. The lowest BCUT2D eigenvalue weighted by molar-refractivity contribution is 0.0479. The predicted molar refractivity (Wildman–Crippen MR) is 116 cm³/mol. The molecule has 2 heterocycles. The molecule has 1 aliphatic carbocycles. The van der Waals surface area contributed by atoms with Crippen molar-refractivity contribution in [1.29, 1.82) is 0 Å². The minimum absolute atomic E-state index is 0.0344. The molecule has 5 heteroatoms. The van der Waals surface area contributed by atoms with Gasteiger partial charge in [-0.05, 0) is 67.0 Å². The Morgan fingerprint density at radius 3 is 2.60 bits per heavy atom.